The van der Waals surface area contributed by atoms with Gasteiger partial charge in [0.2, 0.25) is 0 Å². The monoisotopic (exact) mass is 312 g/mol. The summed E-state index contributed by atoms with van der Waals surface area (Å²) in [6, 6.07) is 1.90. The van der Waals surface area contributed by atoms with Gasteiger partial charge in [-0.3, -0.25) is 0 Å². The minimum absolute atomic E-state index is 0.0527. The zero-order chi connectivity index (χ0) is 16.0. The highest BCUT2D eigenvalue weighted by molar-refractivity contribution is 7.14. The summed E-state index contributed by atoms with van der Waals surface area (Å²) >= 11 is 1.33. The Morgan fingerprint density at radius 1 is 1.38 bits per heavy atom. The van der Waals surface area contributed by atoms with Gasteiger partial charge in [-0.05, 0) is 23.8 Å². The van der Waals surface area contributed by atoms with Crippen LogP contribution in [0.1, 0.15) is 74.9 Å². The summed E-state index contributed by atoms with van der Waals surface area (Å²) < 4.78 is 5.85. The molecule has 1 aromatic rings. The topological polar surface area (TPSA) is 46.5 Å². The molecule has 0 radical (unpaired) electrons. The van der Waals surface area contributed by atoms with Gasteiger partial charge >= 0.3 is 5.97 Å². The van der Waals surface area contributed by atoms with Crippen LogP contribution in [0.4, 0.5) is 0 Å². The van der Waals surface area contributed by atoms with Gasteiger partial charge in [-0.25, -0.2) is 4.79 Å². The molecule has 0 saturated heterocycles. The molecule has 0 aliphatic rings. The first kappa shape index (κ1) is 18.0. The van der Waals surface area contributed by atoms with E-state index in [-0.39, 0.29) is 5.41 Å². The highest BCUT2D eigenvalue weighted by Gasteiger charge is 2.24. The van der Waals surface area contributed by atoms with E-state index in [2.05, 4.69) is 34.6 Å². The second-order valence-corrected chi connectivity index (χ2v) is 7.64. The highest BCUT2D eigenvalue weighted by atomic mass is 32.1. The Labute approximate surface area is 132 Å². The number of hydrogen-bond donors (Lipinski definition) is 1. The first-order valence-corrected chi connectivity index (χ1v) is 8.61. The smallest absolute Gasteiger partial charge is 0.349 e. The first-order valence-electron chi connectivity index (χ1n) is 7.80. The van der Waals surface area contributed by atoms with Crippen LogP contribution in [0, 0.1) is 5.92 Å². The molecule has 1 unspecified atom stereocenters. The van der Waals surface area contributed by atoms with Gasteiger partial charge in [-0.15, -0.1) is 11.3 Å². The average molecular weight is 312 g/mol. The summed E-state index contributed by atoms with van der Waals surface area (Å²) in [6.45, 7) is 11.2. The largest absolute Gasteiger partial charge is 0.491 e. The fourth-order valence-electron chi connectivity index (χ4n) is 2.11. The molecule has 1 atom stereocenters. The standard InChI is InChI=1S/C17H28O3S/c1-6-8-9-12(7-2)11-20-13-10-14(17(3,4)5)21-15(13)16(18)19/h10,12H,6-9,11H2,1-5H3,(H,18,19). The molecule has 0 aromatic carbocycles. The molecule has 3 nitrogen and oxygen atoms in total. The second kappa shape index (κ2) is 7.83. The molecule has 1 heterocycles. The lowest BCUT2D eigenvalue weighted by Crippen LogP contribution is -2.12. The van der Waals surface area contributed by atoms with Gasteiger partial charge in [0, 0.05) is 4.88 Å². The summed E-state index contributed by atoms with van der Waals surface area (Å²) in [5.74, 6) is 0.143. The molecule has 21 heavy (non-hydrogen) atoms. The number of carbonyl (C=O) groups is 1. The molecule has 0 aliphatic heterocycles. The number of rotatable bonds is 8. The van der Waals surface area contributed by atoms with Crippen molar-refractivity contribution < 1.29 is 14.6 Å². The summed E-state index contributed by atoms with van der Waals surface area (Å²) in [4.78, 5) is 12.8. The Hall–Kier alpha value is -1.03. The predicted molar refractivity (Wildman–Crippen MR) is 88.8 cm³/mol. The maximum absolute atomic E-state index is 11.4. The number of thiophene rings is 1. The van der Waals surface area contributed by atoms with Crippen LogP contribution in [0.3, 0.4) is 0 Å². The molecule has 1 rings (SSSR count). The van der Waals surface area contributed by atoms with Crippen molar-refractivity contribution in [1.29, 1.82) is 0 Å². The Morgan fingerprint density at radius 3 is 2.52 bits per heavy atom. The van der Waals surface area contributed by atoms with E-state index in [4.69, 9.17) is 4.74 Å². The average Bonchev–Trinajstić information content (AvgIpc) is 2.83. The van der Waals surface area contributed by atoms with Crippen LogP contribution in [0.25, 0.3) is 0 Å². The molecule has 0 bridgehead atoms. The van der Waals surface area contributed by atoms with Crippen molar-refractivity contribution in [3.63, 3.8) is 0 Å². The Balaban J connectivity index is 2.81. The third-order valence-corrected chi connectivity index (χ3v) is 5.18. The van der Waals surface area contributed by atoms with Crippen LogP contribution < -0.4 is 4.74 Å². The lowest BCUT2D eigenvalue weighted by molar-refractivity contribution is 0.0697. The van der Waals surface area contributed by atoms with Gasteiger partial charge in [0.15, 0.2) is 4.88 Å². The number of carboxylic acids is 1. The molecular formula is C17H28O3S. The van der Waals surface area contributed by atoms with Crippen LogP contribution >= 0.6 is 11.3 Å². The summed E-state index contributed by atoms with van der Waals surface area (Å²) in [5, 5.41) is 9.34. The third kappa shape index (κ3) is 5.34. The van der Waals surface area contributed by atoms with Gasteiger partial charge in [0.05, 0.1) is 6.61 Å². The fourth-order valence-corrected chi connectivity index (χ4v) is 3.10. The predicted octanol–water partition coefficient (Wildman–Crippen LogP) is 5.34. The van der Waals surface area contributed by atoms with E-state index in [9.17, 15) is 9.90 Å². The van der Waals surface area contributed by atoms with Gasteiger partial charge < -0.3 is 9.84 Å². The number of aromatic carboxylic acids is 1. The zero-order valence-electron chi connectivity index (χ0n) is 13.9. The quantitative estimate of drug-likeness (QED) is 0.705. The maximum Gasteiger partial charge on any atom is 0.349 e. The molecule has 120 valence electrons. The van der Waals surface area contributed by atoms with E-state index in [0.29, 0.717) is 23.2 Å². The van der Waals surface area contributed by atoms with Crippen LogP contribution in [0.5, 0.6) is 5.75 Å². The molecule has 1 aromatic heterocycles. The molecule has 0 spiro atoms. The number of carboxylic acid groups (broad SMARTS) is 1. The Morgan fingerprint density at radius 2 is 2.05 bits per heavy atom. The normalized spacial score (nSPS) is 13.2. The lowest BCUT2D eigenvalue weighted by atomic mass is 9.95. The Bertz CT molecular complexity index is 457. The molecule has 4 heteroatoms. The molecule has 1 N–H and O–H groups in total. The van der Waals surface area contributed by atoms with Crippen LogP contribution in [-0.2, 0) is 5.41 Å². The maximum atomic E-state index is 11.4. The van der Waals surface area contributed by atoms with Crippen molar-refractivity contribution in [2.24, 2.45) is 5.92 Å². The summed E-state index contributed by atoms with van der Waals surface area (Å²) in [6.07, 6.45) is 4.60. The SMILES string of the molecule is CCCCC(CC)COc1cc(C(C)(C)C)sc1C(=O)O. The van der Waals surface area contributed by atoms with Crippen molar-refractivity contribution in [3.05, 3.63) is 15.8 Å². The van der Waals surface area contributed by atoms with Gasteiger partial charge in [0.1, 0.15) is 5.75 Å². The van der Waals surface area contributed by atoms with Gasteiger partial charge in [-0.2, -0.15) is 0 Å². The number of unbranched alkanes of at least 4 members (excludes halogenated alkanes) is 1. The minimum Gasteiger partial charge on any atom is -0.491 e. The van der Waals surface area contributed by atoms with Crippen molar-refractivity contribution in [3.8, 4) is 5.75 Å². The molecule has 0 aliphatic carbocycles. The molecule has 0 amide bonds. The summed E-state index contributed by atoms with van der Waals surface area (Å²) in [5.41, 5.74) is -0.0527. The van der Waals surface area contributed by atoms with Gasteiger partial charge in [0.25, 0.3) is 0 Å². The van der Waals surface area contributed by atoms with Crippen LogP contribution in [-0.4, -0.2) is 17.7 Å². The van der Waals surface area contributed by atoms with E-state index in [0.717, 1.165) is 17.7 Å². The molecule has 0 fully saturated rings. The van der Waals surface area contributed by atoms with Crippen LogP contribution in [0.15, 0.2) is 6.07 Å². The second-order valence-electron chi connectivity index (χ2n) is 6.59. The van der Waals surface area contributed by atoms with Crippen molar-refractivity contribution in [1.82, 2.24) is 0 Å². The van der Waals surface area contributed by atoms with E-state index < -0.39 is 5.97 Å². The molecular weight excluding hydrogens is 284 g/mol. The summed E-state index contributed by atoms with van der Waals surface area (Å²) in [7, 11) is 0. The van der Waals surface area contributed by atoms with E-state index in [1.807, 2.05) is 6.07 Å². The van der Waals surface area contributed by atoms with Crippen LogP contribution in [0.2, 0.25) is 0 Å². The third-order valence-electron chi connectivity index (χ3n) is 3.65. The van der Waals surface area contributed by atoms with Crippen molar-refractivity contribution >= 4 is 17.3 Å². The molecule has 0 saturated carbocycles. The van der Waals surface area contributed by atoms with E-state index in [1.165, 1.54) is 24.2 Å². The van der Waals surface area contributed by atoms with E-state index in [1.54, 1.807) is 0 Å². The lowest BCUT2D eigenvalue weighted by Gasteiger charge is -2.16. The number of ether oxygens (including phenoxy) is 1. The van der Waals surface area contributed by atoms with E-state index >= 15 is 0 Å². The zero-order valence-corrected chi connectivity index (χ0v) is 14.7. The number of hydrogen-bond acceptors (Lipinski definition) is 3. The first-order chi connectivity index (χ1) is 9.79. The van der Waals surface area contributed by atoms with Crippen molar-refractivity contribution in [2.45, 2.75) is 65.7 Å². The minimum atomic E-state index is -0.896. The fraction of sp³-hybridized carbons (Fsp3) is 0.706. The van der Waals surface area contributed by atoms with Crippen molar-refractivity contribution in [2.75, 3.05) is 6.61 Å². The Kier molecular flexibility index (Phi) is 6.72. The van der Waals surface area contributed by atoms with Gasteiger partial charge in [-0.1, -0.05) is 53.9 Å². The highest BCUT2D eigenvalue weighted by Crippen LogP contribution is 2.37.